The van der Waals surface area contributed by atoms with E-state index >= 15 is 0 Å². The van der Waals surface area contributed by atoms with Gasteiger partial charge in [0.2, 0.25) is 0 Å². The number of aromatic nitrogens is 2. The van der Waals surface area contributed by atoms with Crippen LogP contribution in [-0.2, 0) is 13.6 Å². The highest BCUT2D eigenvalue weighted by Gasteiger charge is 2.20. The molecule has 0 amide bonds. The van der Waals surface area contributed by atoms with Crippen molar-refractivity contribution in [3.8, 4) is 0 Å². The maximum atomic E-state index is 4.39. The van der Waals surface area contributed by atoms with Gasteiger partial charge in [-0.05, 0) is 38.5 Å². The summed E-state index contributed by atoms with van der Waals surface area (Å²) in [5.74, 6) is 0.994. The molecule has 1 N–H and O–H groups in total. The minimum atomic E-state index is 0.720. The van der Waals surface area contributed by atoms with Gasteiger partial charge < -0.3 is 5.32 Å². The number of rotatable bonds is 5. The van der Waals surface area contributed by atoms with Crippen molar-refractivity contribution < 1.29 is 0 Å². The van der Waals surface area contributed by atoms with Crippen molar-refractivity contribution in [3.63, 3.8) is 0 Å². The Morgan fingerprint density at radius 3 is 2.61 bits per heavy atom. The molecule has 3 heteroatoms. The van der Waals surface area contributed by atoms with E-state index in [4.69, 9.17) is 0 Å². The first-order valence-corrected chi connectivity index (χ1v) is 7.41. The summed E-state index contributed by atoms with van der Waals surface area (Å²) in [6, 6.07) is 0.720. The standard InChI is InChI=1S/C15H27N3/c1-4-5-13-6-8-15(9-7-13)16-10-14-11-18(3)17-12(14)2/h11,13,15-16H,4-10H2,1-3H3. The molecule has 1 saturated carbocycles. The fourth-order valence-corrected chi connectivity index (χ4v) is 3.14. The van der Waals surface area contributed by atoms with Gasteiger partial charge in [0.1, 0.15) is 0 Å². The van der Waals surface area contributed by atoms with Crippen LogP contribution in [0.25, 0.3) is 0 Å². The lowest BCUT2D eigenvalue weighted by Gasteiger charge is -2.29. The molecule has 1 aromatic rings. The molecule has 0 unspecified atom stereocenters. The fourth-order valence-electron chi connectivity index (χ4n) is 3.14. The molecule has 0 spiro atoms. The summed E-state index contributed by atoms with van der Waals surface area (Å²) in [5, 5.41) is 8.09. The molecular formula is C15H27N3. The highest BCUT2D eigenvalue weighted by Crippen LogP contribution is 2.27. The van der Waals surface area contributed by atoms with Crippen LogP contribution in [0.3, 0.4) is 0 Å². The van der Waals surface area contributed by atoms with E-state index in [1.807, 2.05) is 11.7 Å². The van der Waals surface area contributed by atoms with Gasteiger partial charge >= 0.3 is 0 Å². The van der Waals surface area contributed by atoms with Crippen molar-refractivity contribution in [2.75, 3.05) is 0 Å². The summed E-state index contributed by atoms with van der Waals surface area (Å²) in [7, 11) is 1.99. The Bertz CT molecular complexity index is 362. The third kappa shape index (κ3) is 3.58. The Morgan fingerprint density at radius 1 is 1.33 bits per heavy atom. The van der Waals surface area contributed by atoms with E-state index in [1.165, 1.54) is 44.1 Å². The average molecular weight is 249 g/mol. The maximum Gasteiger partial charge on any atom is 0.0638 e. The monoisotopic (exact) mass is 249 g/mol. The quantitative estimate of drug-likeness (QED) is 0.868. The predicted octanol–water partition coefficient (Wildman–Crippen LogP) is 3.18. The maximum absolute atomic E-state index is 4.39. The first kappa shape index (κ1) is 13.6. The van der Waals surface area contributed by atoms with Gasteiger partial charge in [-0.25, -0.2) is 0 Å². The third-order valence-corrected chi connectivity index (χ3v) is 4.24. The van der Waals surface area contributed by atoms with E-state index in [1.54, 1.807) is 0 Å². The van der Waals surface area contributed by atoms with E-state index < -0.39 is 0 Å². The van der Waals surface area contributed by atoms with E-state index in [9.17, 15) is 0 Å². The van der Waals surface area contributed by atoms with E-state index in [2.05, 4.69) is 30.5 Å². The van der Waals surface area contributed by atoms with Gasteiger partial charge in [-0.1, -0.05) is 19.8 Å². The van der Waals surface area contributed by atoms with Crippen molar-refractivity contribution in [2.24, 2.45) is 13.0 Å². The summed E-state index contributed by atoms with van der Waals surface area (Å²) in [4.78, 5) is 0. The lowest BCUT2D eigenvalue weighted by molar-refractivity contribution is 0.277. The van der Waals surface area contributed by atoms with Gasteiger partial charge in [0, 0.05) is 31.4 Å². The summed E-state index contributed by atoms with van der Waals surface area (Å²) >= 11 is 0. The van der Waals surface area contributed by atoms with Gasteiger partial charge in [-0.15, -0.1) is 0 Å². The molecule has 1 heterocycles. The van der Waals surface area contributed by atoms with Crippen LogP contribution in [0, 0.1) is 12.8 Å². The fraction of sp³-hybridized carbons (Fsp3) is 0.800. The van der Waals surface area contributed by atoms with Crippen LogP contribution in [0.1, 0.15) is 56.7 Å². The van der Waals surface area contributed by atoms with E-state index in [0.717, 1.165) is 24.2 Å². The van der Waals surface area contributed by atoms with Crippen molar-refractivity contribution in [1.29, 1.82) is 0 Å². The predicted molar refractivity (Wildman–Crippen MR) is 75.4 cm³/mol. The van der Waals surface area contributed by atoms with Crippen LogP contribution in [0.4, 0.5) is 0 Å². The molecule has 0 bridgehead atoms. The molecule has 1 aliphatic rings. The van der Waals surface area contributed by atoms with Crippen molar-refractivity contribution in [1.82, 2.24) is 15.1 Å². The zero-order valence-electron chi connectivity index (χ0n) is 12.1. The first-order chi connectivity index (χ1) is 8.69. The average Bonchev–Trinajstić information content (AvgIpc) is 2.67. The smallest absolute Gasteiger partial charge is 0.0638 e. The summed E-state index contributed by atoms with van der Waals surface area (Å²) in [5.41, 5.74) is 2.50. The Balaban J connectivity index is 1.74. The Hall–Kier alpha value is -0.830. The second-order valence-corrected chi connectivity index (χ2v) is 5.80. The van der Waals surface area contributed by atoms with Gasteiger partial charge in [0.05, 0.1) is 5.69 Å². The van der Waals surface area contributed by atoms with Crippen LogP contribution in [0.15, 0.2) is 6.20 Å². The summed E-state index contributed by atoms with van der Waals surface area (Å²) in [6.07, 6.45) is 10.4. The van der Waals surface area contributed by atoms with Crippen LogP contribution >= 0.6 is 0 Å². The number of nitrogens with one attached hydrogen (secondary N) is 1. The Labute approximate surface area is 111 Å². The molecule has 0 aliphatic heterocycles. The van der Waals surface area contributed by atoms with Crippen LogP contribution in [-0.4, -0.2) is 15.8 Å². The highest BCUT2D eigenvalue weighted by molar-refractivity contribution is 5.14. The zero-order chi connectivity index (χ0) is 13.0. The van der Waals surface area contributed by atoms with Crippen LogP contribution in [0.5, 0.6) is 0 Å². The lowest BCUT2D eigenvalue weighted by Crippen LogP contribution is -2.32. The number of nitrogens with zero attached hydrogens (tertiary/aromatic N) is 2. The molecule has 3 nitrogen and oxygen atoms in total. The van der Waals surface area contributed by atoms with Gasteiger partial charge in [0.15, 0.2) is 0 Å². The highest BCUT2D eigenvalue weighted by atomic mass is 15.2. The second kappa shape index (κ2) is 6.37. The molecule has 1 fully saturated rings. The number of aryl methyl sites for hydroxylation is 2. The molecule has 0 atom stereocenters. The van der Waals surface area contributed by atoms with Crippen LogP contribution < -0.4 is 5.32 Å². The molecular weight excluding hydrogens is 222 g/mol. The second-order valence-electron chi connectivity index (χ2n) is 5.80. The lowest BCUT2D eigenvalue weighted by atomic mass is 9.83. The van der Waals surface area contributed by atoms with Crippen LogP contribution in [0.2, 0.25) is 0 Å². The van der Waals surface area contributed by atoms with Crippen molar-refractivity contribution >= 4 is 0 Å². The Kier molecular flexibility index (Phi) is 4.81. The first-order valence-electron chi connectivity index (χ1n) is 7.41. The largest absolute Gasteiger partial charge is 0.310 e. The van der Waals surface area contributed by atoms with Gasteiger partial charge in [-0.2, -0.15) is 5.10 Å². The van der Waals surface area contributed by atoms with E-state index in [0.29, 0.717) is 0 Å². The van der Waals surface area contributed by atoms with Crippen molar-refractivity contribution in [3.05, 3.63) is 17.5 Å². The molecule has 0 aromatic carbocycles. The summed E-state index contributed by atoms with van der Waals surface area (Å²) < 4.78 is 1.91. The molecule has 0 saturated heterocycles. The molecule has 1 aromatic heterocycles. The topological polar surface area (TPSA) is 29.9 Å². The normalized spacial score (nSPS) is 24.4. The van der Waals surface area contributed by atoms with Gasteiger partial charge in [-0.3, -0.25) is 4.68 Å². The molecule has 1 aliphatic carbocycles. The molecule has 18 heavy (non-hydrogen) atoms. The summed E-state index contributed by atoms with van der Waals surface area (Å²) in [6.45, 7) is 5.37. The zero-order valence-corrected chi connectivity index (χ0v) is 12.1. The third-order valence-electron chi connectivity index (χ3n) is 4.24. The Morgan fingerprint density at radius 2 is 2.06 bits per heavy atom. The molecule has 0 radical (unpaired) electrons. The van der Waals surface area contributed by atoms with Crippen molar-refractivity contribution in [2.45, 2.75) is 65.0 Å². The minimum absolute atomic E-state index is 0.720. The molecule has 102 valence electrons. The number of hydrogen-bond donors (Lipinski definition) is 1. The van der Waals surface area contributed by atoms with Gasteiger partial charge in [0.25, 0.3) is 0 Å². The van der Waals surface area contributed by atoms with E-state index in [-0.39, 0.29) is 0 Å². The SMILES string of the molecule is CCCC1CCC(NCc2cn(C)nc2C)CC1. The molecule has 2 rings (SSSR count). The minimum Gasteiger partial charge on any atom is -0.310 e. The number of hydrogen-bond acceptors (Lipinski definition) is 2.